The van der Waals surface area contributed by atoms with E-state index >= 15 is 0 Å². The molecule has 1 rings (SSSR count). The lowest BCUT2D eigenvalue weighted by Crippen LogP contribution is -2.28. The van der Waals surface area contributed by atoms with Crippen LogP contribution in [0.15, 0.2) is 0 Å². The number of carbonyl (C=O) groups excluding carboxylic acids is 1. The molecule has 0 aromatic heterocycles. The number of carbonyl (C=O) groups is 2. The molecule has 1 fully saturated rings. The molecule has 0 bridgehead atoms. The fourth-order valence-corrected chi connectivity index (χ4v) is 1.40. The zero-order valence-corrected chi connectivity index (χ0v) is 8.23. The number of aliphatic carboxylic acids is 1. The summed E-state index contributed by atoms with van der Waals surface area (Å²) in [5.74, 6) is -2.68. The number of hydrogen-bond acceptors (Lipinski definition) is 4. The van der Waals surface area contributed by atoms with Crippen molar-refractivity contribution >= 4 is 11.8 Å². The van der Waals surface area contributed by atoms with Gasteiger partial charge in [0.05, 0.1) is 12.2 Å². The van der Waals surface area contributed by atoms with Gasteiger partial charge in [-0.1, -0.05) is 6.92 Å². The van der Waals surface area contributed by atoms with Gasteiger partial charge in [-0.2, -0.15) is 0 Å². The van der Waals surface area contributed by atoms with Crippen LogP contribution in [0.5, 0.6) is 0 Å². The molecule has 14 heavy (non-hydrogen) atoms. The van der Waals surface area contributed by atoms with Crippen LogP contribution in [0.1, 0.15) is 20.3 Å². The van der Waals surface area contributed by atoms with E-state index in [0.29, 0.717) is 6.42 Å². The maximum absolute atomic E-state index is 11.0. The van der Waals surface area contributed by atoms with Crippen molar-refractivity contribution in [3.05, 3.63) is 0 Å². The Morgan fingerprint density at radius 1 is 1.50 bits per heavy atom. The molecule has 0 spiro atoms. The van der Waals surface area contributed by atoms with Crippen LogP contribution in [0.2, 0.25) is 0 Å². The van der Waals surface area contributed by atoms with Crippen molar-refractivity contribution in [2.75, 3.05) is 6.79 Å². The minimum Gasteiger partial charge on any atom is -0.475 e. The predicted molar refractivity (Wildman–Crippen MR) is 46.7 cm³/mol. The van der Waals surface area contributed by atoms with Crippen LogP contribution < -0.4 is 0 Å². The van der Waals surface area contributed by atoms with Gasteiger partial charge in [0.15, 0.2) is 0 Å². The molecular formula is C9H14O5. The average molecular weight is 202 g/mol. The molecule has 1 heterocycles. The van der Waals surface area contributed by atoms with Crippen molar-refractivity contribution < 1.29 is 24.2 Å². The summed E-state index contributed by atoms with van der Waals surface area (Å²) in [7, 11) is 0. The molecule has 1 saturated heterocycles. The van der Waals surface area contributed by atoms with Crippen molar-refractivity contribution in [1.82, 2.24) is 0 Å². The Balaban J connectivity index is 2.43. The quantitative estimate of drug-likeness (QED) is 0.669. The van der Waals surface area contributed by atoms with E-state index < -0.39 is 17.7 Å². The summed E-state index contributed by atoms with van der Waals surface area (Å²) >= 11 is 0. The molecule has 1 aliphatic rings. The Morgan fingerprint density at radius 3 is 2.57 bits per heavy atom. The Labute approximate surface area is 82.0 Å². The standard InChI is InChI=1S/C9H14O5/c1-5(8(10)9(11)12)3-7-6(2)13-4-14-7/h5-7H,3-4H2,1-2H3,(H,11,12). The van der Waals surface area contributed by atoms with E-state index in [-0.39, 0.29) is 19.0 Å². The van der Waals surface area contributed by atoms with Gasteiger partial charge in [-0.25, -0.2) is 4.79 Å². The molecule has 1 N–H and O–H groups in total. The number of ether oxygens (including phenoxy) is 2. The first-order valence-corrected chi connectivity index (χ1v) is 4.52. The molecule has 5 nitrogen and oxygen atoms in total. The van der Waals surface area contributed by atoms with Gasteiger partial charge < -0.3 is 14.6 Å². The first kappa shape index (κ1) is 11.1. The maximum atomic E-state index is 11.0. The summed E-state index contributed by atoms with van der Waals surface area (Å²) in [6.07, 6.45) is 0.152. The Morgan fingerprint density at radius 2 is 2.14 bits per heavy atom. The number of carboxylic acids is 1. The molecule has 1 aliphatic heterocycles. The lowest BCUT2D eigenvalue weighted by molar-refractivity contribution is -0.151. The molecule has 3 atom stereocenters. The largest absolute Gasteiger partial charge is 0.475 e. The Bertz CT molecular complexity index is 237. The van der Waals surface area contributed by atoms with Gasteiger partial charge in [0, 0.05) is 5.92 Å². The van der Waals surface area contributed by atoms with Gasteiger partial charge >= 0.3 is 5.97 Å². The molecular weight excluding hydrogens is 188 g/mol. The summed E-state index contributed by atoms with van der Waals surface area (Å²) in [5.41, 5.74) is 0. The number of ketones is 1. The van der Waals surface area contributed by atoms with Crippen molar-refractivity contribution in [2.24, 2.45) is 5.92 Å². The van der Waals surface area contributed by atoms with E-state index in [1.165, 1.54) is 0 Å². The lowest BCUT2D eigenvalue weighted by Gasteiger charge is -2.15. The first-order chi connectivity index (χ1) is 6.52. The molecule has 0 amide bonds. The van der Waals surface area contributed by atoms with Gasteiger partial charge in [-0.05, 0) is 13.3 Å². The van der Waals surface area contributed by atoms with Crippen LogP contribution in [0.4, 0.5) is 0 Å². The Kier molecular flexibility index (Phi) is 3.60. The third kappa shape index (κ3) is 2.52. The van der Waals surface area contributed by atoms with Crippen molar-refractivity contribution in [1.29, 1.82) is 0 Å². The van der Waals surface area contributed by atoms with E-state index in [0.717, 1.165) is 0 Å². The van der Waals surface area contributed by atoms with Crippen LogP contribution in [0, 0.1) is 5.92 Å². The highest BCUT2D eigenvalue weighted by molar-refractivity contribution is 6.33. The van der Waals surface area contributed by atoms with Gasteiger partial charge in [0.25, 0.3) is 0 Å². The highest BCUT2D eigenvalue weighted by Gasteiger charge is 2.30. The van der Waals surface area contributed by atoms with E-state index in [1.807, 2.05) is 6.92 Å². The zero-order valence-electron chi connectivity index (χ0n) is 8.23. The van der Waals surface area contributed by atoms with Crippen molar-refractivity contribution in [3.8, 4) is 0 Å². The molecule has 3 unspecified atom stereocenters. The first-order valence-electron chi connectivity index (χ1n) is 4.52. The van der Waals surface area contributed by atoms with Gasteiger partial charge in [-0.3, -0.25) is 4.79 Å². The molecule has 5 heteroatoms. The molecule has 0 aromatic carbocycles. The lowest BCUT2D eigenvalue weighted by atomic mass is 9.97. The van der Waals surface area contributed by atoms with Crippen LogP contribution in [-0.2, 0) is 19.1 Å². The highest BCUT2D eigenvalue weighted by Crippen LogP contribution is 2.20. The Hall–Kier alpha value is -0.940. The van der Waals surface area contributed by atoms with Gasteiger partial charge in [-0.15, -0.1) is 0 Å². The fraction of sp³-hybridized carbons (Fsp3) is 0.778. The third-order valence-corrected chi connectivity index (χ3v) is 2.38. The SMILES string of the molecule is CC(CC1OCOC1C)C(=O)C(=O)O. The highest BCUT2D eigenvalue weighted by atomic mass is 16.7. The third-order valence-electron chi connectivity index (χ3n) is 2.38. The van der Waals surface area contributed by atoms with Crippen LogP contribution in [0.25, 0.3) is 0 Å². The van der Waals surface area contributed by atoms with Gasteiger partial charge in [0.2, 0.25) is 5.78 Å². The second-order valence-electron chi connectivity index (χ2n) is 3.50. The van der Waals surface area contributed by atoms with E-state index in [2.05, 4.69) is 0 Å². The van der Waals surface area contributed by atoms with Crippen LogP contribution in [0.3, 0.4) is 0 Å². The second kappa shape index (κ2) is 4.52. The van der Waals surface area contributed by atoms with E-state index in [1.54, 1.807) is 6.92 Å². The van der Waals surface area contributed by atoms with Crippen LogP contribution >= 0.6 is 0 Å². The molecule has 0 aliphatic carbocycles. The van der Waals surface area contributed by atoms with Crippen molar-refractivity contribution in [3.63, 3.8) is 0 Å². The predicted octanol–water partition coefficient (Wildman–Crippen LogP) is 0.428. The van der Waals surface area contributed by atoms with Crippen LogP contribution in [-0.4, -0.2) is 35.9 Å². The normalized spacial score (nSPS) is 28.7. The average Bonchev–Trinajstić information content (AvgIpc) is 2.50. The van der Waals surface area contributed by atoms with E-state index in [9.17, 15) is 9.59 Å². The molecule has 0 radical (unpaired) electrons. The minimum atomic E-state index is -1.39. The summed E-state index contributed by atoms with van der Waals surface area (Å²) in [6.45, 7) is 3.65. The fourth-order valence-electron chi connectivity index (χ4n) is 1.40. The monoisotopic (exact) mass is 202 g/mol. The van der Waals surface area contributed by atoms with Gasteiger partial charge in [0.1, 0.15) is 6.79 Å². The number of Topliss-reactive ketones (excluding diaryl/α,β-unsaturated/α-hetero) is 1. The van der Waals surface area contributed by atoms with E-state index in [4.69, 9.17) is 14.6 Å². The second-order valence-corrected chi connectivity index (χ2v) is 3.50. The number of hydrogen-bond donors (Lipinski definition) is 1. The summed E-state index contributed by atoms with van der Waals surface area (Å²) in [5, 5.41) is 8.47. The molecule has 0 aromatic rings. The van der Waals surface area contributed by atoms with Crippen molar-refractivity contribution in [2.45, 2.75) is 32.5 Å². The zero-order chi connectivity index (χ0) is 10.7. The topological polar surface area (TPSA) is 72.8 Å². The number of carboxylic acid groups (broad SMARTS) is 1. The molecule has 80 valence electrons. The smallest absolute Gasteiger partial charge is 0.372 e. The molecule has 0 saturated carbocycles. The summed E-state index contributed by atoms with van der Waals surface area (Å²) < 4.78 is 10.3. The maximum Gasteiger partial charge on any atom is 0.372 e. The minimum absolute atomic E-state index is 0.0703. The number of rotatable bonds is 4. The summed E-state index contributed by atoms with van der Waals surface area (Å²) in [4.78, 5) is 21.4. The summed E-state index contributed by atoms with van der Waals surface area (Å²) in [6, 6.07) is 0.